The standard InChI is InChI=1S/C11H15N5O/c1-2-5-12-11-15-10(8-14-16-11)13-7-9-4-3-6-17-9/h3-4,6,8H,2,5,7H2,1H3,(H2,12,13,15,16). The lowest BCUT2D eigenvalue weighted by molar-refractivity contribution is 0.517. The van der Waals surface area contributed by atoms with Crippen molar-refractivity contribution in [2.45, 2.75) is 19.9 Å². The second kappa shape index (κ2) is 5.83. The highest BCUT2D eigenvalue weighted by Crippen LogP contribution is 2.07. The number of aromatic nitrogens is 3. The SMILES string of the molecule is CCCNc1nncc(NCc2ccco2)n1. The maximum Gasteiger partial charge on any atom is 0.244 e. The molecule has 0 aliphatic rings. The Morgan fingerprint density at radius 3 is 3.06 bits per heavy atom. The third-order valence-corrected chi connectivity index (χ3v) is 2.12. The van der Waals surface area contributed by atoms with Crippen molar-refractivity contribution in [1.82, 2.24) is 15.2 Å². The molecule has 0 aliphatic carbocycles. The zero-order valence-electron chi connectivity index (χ0n) is 9.68. The van der Waals surface area contributed by atoms with Crippen LogP contribution in [-0.2, 0) is 6.54 Å². The summed E-state index contributed by atoms with van der Waals surface area (Å²) in [5, 5.41) is 14.0. The second-order valence-electron chi connectivity index (χ2n) is 3.52. The number of nitrogens with one attached hydrogen (secondary N) is 2. The molecule has 0 radical (unpaired) electrons. The fourth-order valence-corrected chi connectivity index (χ4v) is 1.29. The van der Waals surface area contributed by atoms with Crippen LogP contribution in [0.2, 0.25) is 0 Å². The highest BCUT2D eigenvalue weighted by Gasteiger charge is 2.00. The van der Waals surface area contributed by atoms with Crippen molar-refractivity contribution >= 4 is 11.8 Å². The summed E-state index contributed by atoms with van der Waals surface area (Å²) in [5.74, 6) is 2.07. The largest absolute Gasteiger partial charge is 0.467 e. The lowest BCUT2D eigenvalue weighted by Gasteiger charge is -2.05. The Kier molecular flexibility index (Phi) is 3.90. The first-order valence-electron chi connectivity index (χ1n) is 5.58. The monoisotopic (exact) mass is 233 g/mol. The van der Waals surface area contributed by atoms with Gasteiger partial charge in [0.15, 0.2) is 5.82 Å². The van der Waals surface area contributed by atoms with E-state index in [1.807, 2.05) is 12.1 Å². The van der Waals surface area contributed by atoms with Crippen LogP contribution in [0.4, 0.5) is 11.8 Å². The van der Waals surface area contributed by atoms with E-state index in [0.717, 1.165) is 18.7 Å². The van der Waals surface area contributed by atoms with Crippen LogP contribution in [0.3, 0.4) is 0 Å². The Balaban J connectivity index is 1.91. The van der Waals surface area contributed by atoms with Crippen LogP contribution < -0.4 is 10.6 Å². The summed E-state index contributed by atoms with van der Waals surface area (Å²) in [5.41, 5.74) is 0. The Hall–Kier alpha value is -2.11. The smallest absolute Gasteiger partial charge is 0.244 e. The van der Waals surface area contributed by atoms with Gasteiger partial charge in [0, 0.05) is 6.54 Å². The molecule has 6 nitrogen and oxygen atoms in total. The minimum atomic E-state index is 0.538. The lowest BCUT2D eigenvalue weighted by Crippen LogP contribution is -2.08. The first-order valence-corrected chi connectivity index (χ1v) is 5.58. The molecule has 2 heterocycles. The van der Waals surface area contributed by atoms with Gasteiger partial charge in [-0.3, -0.25) is 0 Å². The van der Waals surface area contributed by atoms with Gasteiger partial charge < -0.3 is 15.1 Å². The second-order valence-corrected chi connectivity index (χ2v) is 3.52. The van der Waals surface area contributed by atoms with Gasteiger partial charge in [0.1, 0.15) is 5.76 Å². The average molecular weight is 233 g/mol. The van der Waals surface area contributed by atoms with Gasteiger partial charge in [-0.2, -0.15) is 10.1 Å². The Morgan fingerprint density at radius 1 is 1.35 bits per heavy atom. The molecule has 0 saturated heterocycles. The van der Waals surface area contributed by atoms with Crippen LogP contribution in [-0.4, -0.2) is 21.7 Å². The molecule has 0 aliphatic heterocycles. The summed E-state index contributed by atoms with van der Waals surface area (Å²) in [4.78, 5) is 4.27. The molecular formula is C11H15N5O. The van der Waals surface area contributed by atoms with Crippen molar-refractivity contribution in [2.75, 3.05) is 17.2 Å². The molecular weight excluding hydrogens is 218 g/mol. The molecule has 0 amide bonds. The first kappa shape index (κ1) is 11.4. The average Bonchev–Trinajstić information content (AvgIpc) is 2.87. The minimum Gasteiger partial charge on any atom is -0.467 e. The number of hydrogen-bond donors (Lipinski definition) is 2. The molecule has 2 N–H and O–H groups in total. The van der Waals surface area contributed by atoms with Crippen LogP contribution in [0.1, 0.15) is 19.1 Å². The zero-order valence-corrected chi connectivity index (χ0v) is 9.68. The fourth-order valence-electron chi connectivity index (χ4n) is 1.29. The van der Waals surface area contributed by atoms with Gasteiger partial charge in [0.2, 0.25) is 5.95 Å². The third kappa shape index (κ3) is 3.44. The molecule has 90 valence electrons. The number of anilines is 2. The van der Waals surface area contributed by atoms with Crippen molar-refractivity contribution < 1.29 is 4.42 Å². The molecule has 6 heteroatoms. The van der Waals surface area contributed by atoms with Gasteiger partial charge in [-0.05, 0) is 18.6 Å². The van der Waals surface area contributed by atoms with Crippen LogP contribution in [0, 0.1) is 0 Å². The van der Waals surface area contributed by atoms with Gasteiger partial charge in [-0.25, -0.2) is 0 Å². The highest BCUT2D eigenvalue weighted by atomic mass is 16.3. The van der Waals surface area contributed by atoms with Crippen LogP contribution in [0.25, 0.3) is 0 Å². The summed E-state index contributed by atoms with van der Waals surface area (Å²) in [6.07, 6.45) is 4.25. The van der Waals surface area contributed by atoms with E-state index in [9.17, 15) is 0 Å². The topological polar surface area (TPSA) is 75.9 Å². The summed E-state index contributed by atoms with van der Waals surface area (Å²) < 4.78 is 5.21. The Labute approximate surface area is 99.5 Å². The van der Waals surface area contributed by atoms with E-state index in [-0.39, 0.29) is 0 Å². The van der Waals surface area contributed by atoms with Crippen LogP contribution >= 0.6 is 0 Å². The van der Waals surface area contributed by atoms with Crippen LogP contribution in [0.15, 0.2) is 29.0 Å². The molecule has 0 spiro atoms. The van der Waals surface area contributed by atoms with E-state index in [2.05, 4.69) is 32.7 Å². The van der Waals surface area contributed by atoms with Crippen molar-refractivity contribution in [3.05, 3.63) is 30.4 Å². The maximum atomic E-state index is 5.21. The lowest BCUT2D eigenvalue weighted by atomic mass is 10.4. The van der Waals surface area contributed by atoms with E-state index >= 15 is 0 Å². The van der Waals surface area contributed by atoms with Gasteiger partial charge in [-0.1, -0.05) is 6.92 Å². The number of hydrogen-bond acceptors (Lipinski definition) is 6. The minimum absolute atomic E-state index is 0.538. The first-order chi connectivity index (χ1) is 8.38. The summed E-state index contributed by atoms with van der Waals surface area (Å²) >= 11 is 0. The number of rotatable bonds is 6. The van der Waals surface area contributed by atoms with E-state index < -0.39 is 0 Å². The molecule has 0 saturated carbocycles. The molecule has 2 aromatic rings. The summed E-state index contributed by atoms with van der Waals surface area (Å²) in [7, 11) is 0. The Morgan fingerprint density at radius 2 is 2.29 bits per heavy atom. The van der Waals surface area contributed by atoms with Gasteiger partial charge in [0.25, 0.3) is 0 Å². The predicted molar refractivity (Wildman–Crippen MR) is 64.6 cm³/mol. The van der Waals surface area contributed by atoms with Gasteiger partial charge in [-0.15, -0.1) is 5.10 Å². The summed E-state index contributed by atoms with van der Waals surface area (Å²) in [6, 6.07) is 3.75. The molecule has 17 heavy (non-hydrogen) atoms. The highest BCUT2D eigenvalue weighted by molar-refractivity contribution is 5.37. The molecule has 0 aromatic carbocycles. The number of nitrogens with zero attached hydrogens (tertiary/aromatic N) is 3. The van der Waals surface area contributed by atoms with Crippen molar-refractivity contribution in [1.29, 1.82) is 0 Å². The molecule has 0 fully saturated rings. The van der Waals surface area contributed by atoms with Gasteiger partial charge in [0.05, 0.1) is 19.0 Å². The van der Waals surface area contributed by atoms with E-state index in [0.29, 0.717) is 18.3 Å². The van der Waals surface area contributed by atoms with Crippen molar-refractivity contribution in [2.24, 2.45) is 0 Å². The van der Waals surface area contributed by atoms with E-state index in [1.165, 1.54) is 0 Å². The molecule has 0 unspecified atom stereocenters. The van der Waals surface area contributed by atoms with E-state index in [4.69, 9.17) is 4.42 Å². The predicted octanol–water partition coefficient (Wildman–Crippen LogP) is 1.90. The number of furan rings is 1. The normalized spacial score (nSPS) is 10.2. The van der Waals surface area contributed by atoms with Gasteiger partial charge >= 0.3 is 0 Å². The quantitative estimate of drug-likeness (QED) is 0.793. The summed E-state index contributed by atoms with van der Waals surface area (Å²) in [6.45, 7) is 3.50. The maximum absolute atomic E-state index is 5.21. The van der Waals surface area contributed by atoms with E-state index in [1.54, 1.807) is 12.5 Å². The fraction of sp³-hybridized carbons (Fsp3) is 0.364. The third-order valence-electron chi connectivity index (χ3n) is 2.12. The van der Waals surface area contributed by atoms with Crippen molar-refractivity contribution in [3.63, 3.8) is 0 Å². The molecule has 2 aromatic heterocycles. The van der Waals surface area contributed by atoms with Crippen molar-refractivity contribution in [3.8, 4) is 0 Å². The Bertz CT molecular complexity index is 443. The van der Waals surface area contributed by atoms with Crippen LogP contribution in [0.5, 0.6) is 0 Å². The zero-order chi connectivity index (χ0) is 11.9. The molecule has 2 rings (SSSR count). The molecule has 0 atom stereocenters. The molecule has 0 bridgehead atoms.